The molecular weight excluding hydrogens is 282 g/mol. The Bertz CT molecular complexity index is 544. The second-order valence-electron chi connectivity index (χ2n) is 5.98. The van der Waals surface area contributed by atoms with Gasteiger partial charge in [0.2, 0.25) is 0 Å². The van der Waals surface area contributed by atoms with Crippen LogP contribution in [0.25, 0.3) is 0 Å². The lowest BCUT2D eigenvalue weighted by Gasteiger charge is -2.22. The number of ketones is 1. The zero-order valence-electron chi connectivity index (χ0n) is 12.8. The number of carbonyl (C=O) groups is 2. The molecule has 1 atom stereocenters. The van der Waals surface area contributed by atoms with Crippen molar-refractivity contribution in [1.29, 1.82) is 0 Å². The van der Waals surface area contributed by atoms with E-state index in [9.17, 15) is 9.59 Å². The van der Waals surface area contributed by atoms with Crippen LogP contribution < -0.4 is 4.90 Å². The average molecular weight is 303 g/mol. The van der Waals surface area contributed by atoms with Crippen LogP contribution in [0.2, 0.25) is 0 Å². The maximum atomic E-state index is 11.9. The van der Waals surface area contributed by atoms with Crippen molar-refractivity contribution in [1.82, 2.24) is 0 Å². The van der Waals surface area contributed by atoms with Crippen molar-refractivity contribution in [3.05, 3.63) is 29.8 Å². The summed E-state index contributed by atoms with van der Waals surface area (Å²) in [6.45, 7) is 0.931. The van der Waals surface area contributed by atoms with Gasteiger partial charge >= 0.3 is 6.09 Å². The Hall–Kier alpha value is -1.88. The van der Waals surface area contributed by atoms with E-state index in [0.29, 0.717) is 37.7 Å². The first-order valence-corrected chi connectivity index (χ1v) is 7.76. The molecule has 1 heterocycles. The zero-order chi connectivity index (χ0) is 15.5. The molecule has 0 N–H and O–H groups in total. The van der Waals surface area contributed by atoms with Crippen molar-refractivity contribution >= 4 is 17.6 Å². The summed E-state index contributed by atoms with van der Waals surface area (Å²) in [7, 11) is 1.60. The smallest absolute Gasteiger partial charge is 0.414 e. The number of benzene rings is 1. The van der Waals surface area contributed by atoms with Crippen LogP contribution in [0.3, 0.4) is 0 Å². The maximum absolute atomic E-state index is 11.9. The number of methoxy groups -OCH3 is 1. The first-order chi connectivity index (χ1) is 10.7. The molecule has 1 amide bonds. The van der Waals surface area contributed by atoms with Crippen LogP contribution in [-0.2, 0) is 14.3 Å². The van der Waals surface area contributed by atoms with Crippen molar-refractivity contribution < 1.29 is 19.1 Å². The van der Waals surface area contributed by atoms with E-state index in [-0.39, 0.29) is 12.2 Å². The first-order valence-electron chi connectivity index (χ1n) is 7.76. The van der Waals surface area contributed by atoms with Crippen LogP contribution in [0, 0.1) is 0 Å². The molecule has 2 aliphatic rings. The largest absolute Gasteiger partial charge is 0.441 e. The molecule has 1 aromatic carbocycles. The summed E-state index contributed by atoms with van der Waals surface area (Å²) in [5.74, 6) is 0.829. The van der Waals surface area contributed by atoms with Crippen LogP contribution in [-0.4, -0.2) is 38.2 Å². The number of anilines is 1. The van der Waals surface area contributed by atoms with Gasteiger partial charge in [0.05, 0.1) is 13.2 Å². The third-order valence-corrected chi connectivity index (χ3v) is 4.45. The molecular formula is C17H21NO4. The molecule has 0 aromatic heterocycles. The fourth-order valence-corrected chi connectivity index (χ4v) is 3.20. The summed E-state index contributed by atoms with van der Waals surface area (Å²) >= 11 is 0. The Balaban J connectivity index is 1.66. The number of cyclic esters (lactones) is 1. The van der Waals surface area contributed by atoms with Crippen molar-refractivity contribution in [2.75, 3.05) is 25.2 Å². The van der Waals surface area contributed by atoms with E-state index in [1.807, 2.05) is 12.1 Å². The van der Waals surface area contributed by atoms with Crippen LogP contribution in [0.4, 0.5) is 10.5 Å². The van der Waals surface area contributed by atoms with Gasteiger partial charge in [0.25, 0.3) is 0 Å². The lowest BCUT2D eigenvalue weighted by molar-refractivity contribution is -0.120. The standard InChI is InChI=1S/C17H21NO4/c1-21-11-16-10-18(17(20)22-16)14-6-2-12(3-7-14)13-4-8-15(19)9-5-13/h2-3,6-7,13,16H,4-5,8-11H2,1H3/t16-/m0/s1. The lowest BCUT2D eigenvalue weighted by Crippen LogP contribution is -2.25. The minimum absolute atomic E-state index is 0.207. The summed E-state index contributed by atoms with van der Waals surface area (Å²) < 4.78 is 10.3. The Labute approximate surface area is 130 Å². The molecule has 1 saturated heterocycles. The molecule has 0 bridgehead atoms. The molecule has 22 heavy (non-hydrogen) atoms. The topological polar surface area (TPSA) is 55.8 Å². The average Bonchev–Trinajstić information content (AvgIpc) is 2.89. The second-order valence-corrected chi connectivity index (χ2v) is 5.98. The molecule has 0 radical (unpaired) electrons. The molecule has 0 unspecified atom stereocenters. The van der Waals surface area contributed by atoms with Crippen LogP contribution in [0.1, 0.15) is 37.2 Å². The first kappa shape index (κ1) is 15.0. The van der Waals surface area contributed by atoms with Gasteiger partial charge in [-0.15, -0.1) is 0 Å². The Morgan fingerprint density at radius 2 is 1.86 bits per heavy atom. The summed E-state index contributed by atoms with van der Waals surface area (Å²) in [4.78, 5) is 24.8. The Morgan fingerprint density at radius 3 is 2.50 bits per heavy atom. The number of nitrogens with zero attached hydrogens (tertiary/aromatic N) is 1. The van der Waals surface area contributed by atoms with Gasteiger partial charge in [0.15, 0.2) is 0 Å². The van der Waals surface area contributed by atoms with Crippen molar-refractivity contribution in [2.45, 2.75) is 37.7 Å². The molecule has 1 aliphatic heterocycles. The van der Waals surface area contributed by atoms with Gasteiger partial charge in [0, 0.05) is 25.6 Å². The third kappa shape index (κ3) is 3.14. The highest BCUT2D eigenvalue weighted by molar-refractivity contribution is 5.89. The number of hydrogen-bond donors (Lipinski definition) is 0. The van der Waals surface area contributed by atoms with Gasteiger partial charge in [-0.25, -0.2) is 4.79 Å². The molecule has 118 valence electrons. The maximum Gasteiger partial charge on any atom is 0.414 e. The molecule has 5 heteroatoms. The van der Waals surface area contributed by atoms with Gasteiger partial charge in [-0.3, -0.25) is 9.69 Å². The minimum Gasteiger partial charge on any atom is -0.441 e. The fourth-order valence-electron chi connectivity index (χ4n) is 3.20. The van der Waals surface area contributed by atoms with E-state index >= 15 is 0 Å². The Kier molecular flexibility index (Phi) is 4.43. The predicted octanol–water partition coefficient (Wildman–Crippen LogP) is 2.88. The highest BCUT2D eigenvalue weighted by atomic mass is 16.6. The van der Waals surface area contributed by atoms with Crippen LogP contribution in [0.5, 0.6) is 0 Å². The number of amides is 1. The number of carbonyl (C=O) groups excluding carboxylic acids is 2. The van der Waals surface area contributed by atoms with Crippen molar-refractivity contribution in [3.8, 4) is 0 Å². The summed E-state index contributed by atoms with van der Waals surface area (Å²) in [6.07, 6.45) is 2.70. The van der Waals surface area contributed by atoms with Gasteiger partial charge in [-0.1, -0.05) is 12.1 Å². The van der Waals surface area contributed by atoms with Gasteiger partial charge in [0.1, 0.15) is 11.9 Å². The third-order valence-electron chi connectivity index (χ3n) is 4.45. The SMILES string of the molecule is COC[C@@H]1CN(c2ccc(C3CCC(=O)CC3)cc2)C(=O)O1. The summed E-state index contributed by atoms with van der Waals surface area (Å²) in [6, 6.07) is 8.05. The Morgan fingerprint density at radius 1 is 1.18 bits per heavy atom. The van der Waals surface area contributed by atoms with E-state index in [1.165, 1.54) is 5.56 Å². The van der Waals surface area contributed by atoms with E-state index in [4.69, 9.17) is 9.47 Å². The number of hydrogen-bond acceptors (Lipinski definition) is 4. The number of Topliss-reactive ketones (excluding diaryl/α,β-unsaturated/α-hetero) is 1. The molecule has 5 nitrogen and oxygen atoms in total. The minimum atomic E-state index is -0.321. The van der Waals surface area contributed by atoms with E-state index in [2.05, 4.69) is 12.1 Å². The van der Waals surface area contributed by atoms with Gasteiger partial charge in [-0.05, 0) is 36.5 Å². The van der Waals surface area contributed by atoms with E-state index in [1.54, 1.807) is 12.0 Å². The van der Waals surface area contributed by atoms with E-state index < -0.39 is 0 Å². The van der Waals surface area contributed by atoms with Crippen LogP contribution in [0.15, 0.2) is 24.3 Å². The lowest BCUT2D eigenvalue weighted by atomic mass is 9.83. The van der Waals surface area contributed by atoms with Crippen molar-refractivity contribution in [2.24, 2.45) is 0 Å². The van der Waals surface area contributed by atoms with E-state index in [0.717, 1.165) is 18.5 Å². The molecule has 1 aliphatic carbocycles. The fraction of sp³-hybridized carbons (Fsp3) is 0.529. The predicted molar refractivity (Wildman–Crippen MR) is 82.1 cm³/mol. The number of ether oxygens (including phenoxy) is 2. The molecule has 3 rings (SSSR count). The monoisotopic (exact) mass is 303 g/mol. The summed E-state index contributed by atoms with van der Waals surface area (Å²) in [5.41, 5.74) is 2.09. The molecule has 0 spiro atoms. The molecule has 1 saturated carbocycles. The molecule has 1 aromatic rings. The highest BCUT2D eigenvalue weighted by Crippen LogP contribution is 2.32. The van der Waals surface area contributed by atoms with Crippen LogP contribution >= 0.6 is 0 Å². The zero-order valence-corrected chi connectivity index (χ0v) is 12.8. The second kappa shape index (κ2) is 6.48. The normalized spacial score (nSPS) is 23.0. The van der Waals surface area contributed by atoms with Crippen molar-refractivity contribution in [3.63, 3.8) is 0 Å². The quantitative estimate of drug-likeness (QED) is 0.858. The van der Waals surface area contributed by atoms with Gasteiger partial charge < -0.3 is 9.47 Å². The summed E-state index contributed by atoms with van der Waals surface area (Å²) in [5, 5.41) is 0. The highest BCUT2D eigenvalue weighted by Gasteiger charge is 2.32. The van der Waals surface area contributed by atoms with Gasteiger partial charge in [-0.2, -0.15) is 0 Å². The molecule has 2 fully saturated rings. The number of rotatable bonds is 4.